The molecule has 5 nitrogen and oxygen atoms in total. The molecule has 0 aromatic heterocycles. The van der Waals surface area contributed by atoms with Gasteiger partial charge in [-0.2, -0.15) is 0 Å². The van der Waals surface area contributed by atoms with E-state index in [1.807, 2.05) is 24.3 Å². The van der Waals surface area contributed by atoms with E-state index in [1.165, 1.54) is 12.8 Å². The average molecular weight is 350 g/mol. The van der Waals surface area contributed by atoms with Gasteiger partial charge in [-0.25, -0.2) is 0 Å². The number of piperidine rings is 1. The van der Waals surface area contributed by atoms with Gasteiger partial charge in [0.2, 0.25) is 5.91 Å². The molecule has 2 amide bonds. The highest BCUT2D eigenvalue weighted by atomic mass is 35.5. The molecule has 1 aromatic rings. The number of hydrogen-bond donors (Lipinski definition) is 2. The fraction of sp³-hybridized carbons (Fsp3) is 0.556. The van der Waals surface area contributed by atoms with Crippen molar-refractivity contribution in [1.82, 2.24) is 10.6 Å². The van der Waals surface area contributed by atoms with Crippen LogP contribution in [0.5, 0.6) is 0 Å². The van der Waals surface area contributed by atoms with Crippen LogP contribution in [0.1, 0.15) is 48.9 Å². The molecule has 2 atom stereocenters. The minimum absolute atomic E-state index is 0. The number of benzene rings is 1. The first-order valence-electron chi connectivity index (χ1n) is 8.66. The summed E-state index contributed by atoms with van der Waals surface area (Å²) in [5.74, 6) is 0.169. The standard InChI is InChI=1S/C18H23N3O2.ClH/c22-17-2-1-9-21(17)16-7-3-12(4-8-16)18(23)20-15-10-13-5-6-14(11-15)19-13;/h3-4,7-8,13-15,19H,1-2,5-6,9-11H2,(H,20,23);1H. The number of nitrogens with zero attached hydrogens (tertiary/aromatic N) is 1. The highest BCUT2D eigenvalue weighted by Crippen LogP contribution is 2.27. The van der Waals surface area contributed by atoms with Gasteiger partial charge in [-0.15, -0.1) is 12.4 Å². The maximum atomic E-state index is 12.4. The summed E-state index contributed by atoms with van der Waals surface area (Å²) in [6, 6.07) is 8.83. The molecule has 0 aliphatic carbocycles. The Morgan fingerprint density at radius 3 is 2.38 bits per heavy atom. The second-order valence-electron chi connectivity index (χ2n) is 6.98. The number of carbonyl (C=O) groups is 2. The van der Waals surface area contributed by atoms with Gasteiger partial charge in [-0.3, -0.25) is 9.59 Å². The average Bonchev–Trinajstić information content (AvgIpc) is 3.13. The molecule has 3 heterocycles. The number of halogens is 1. The monoisotopic (exact) mass is 349 g/mol. The molecule has 24 heavy (non-hydrogen) atoms. The second kappa shape index (κ2) is 7.11. The minimum atomic E-state index is -0.00408. The Morgan fingerprint density at radius 1 is 1.12 bits per heavy atom. The normalized spacial score (nSPS) is 28.6. The smallest absolute Gasteiger partial charge is 0.251 e. The van der Waals surface area contributed by atoms with E-state index in [2.05, 4.69) is 10.6 Å². The summed E-state index contributed by atoms with van der Waals surface area (Å²) >= 11 is 0. The highest BCUT2D eigenvalue weighted by Gasteiger charge is 2.34. The number of nitrogens with one attached hydrogen (secondary N) is 2. The molecule has 4 rings (SSSR count). The van der Waals surface area contributed by atoms with Crippen LogP contribution in [0.2, 0.25) is 0 Å². The predicted octanol–water partition coefficient (Wildman–Crippen LogP) is 2.25. The molecule has 0 saturated carbocycles. The van der Waals surface area contributed by atoms with Crippen molar-refractivity contribution in [3.63, 3.8) is 0 Å². The maximum absolute atomic E-state index is 12.4. The maximum Gasteiger partial charge on any atom is 0.251 e. The fourth-order valence-electron chi connectivity index (χ4n) is 4.16. The van der Waals surface area contributed by atoms with Gasteiger partial charge in [0.15, 0.2) is 0 Å². The van der Waals surface area contributed by atoms with Crippen LogP contribution in [-0.2, 0) is 4.79 Å². The van der Waals surface area contributed by atoms with Crippen molar-refractivity contribution in [2.75, 3.05) is 11.4 Å². The Balaban J connectivity index is 0.00000169. The molecular formula is C18H24ClN3O2. The zero-order chi connectivity index (χ0) is 15.8. The number of carbonyl (C=O) groups excluding carboxylic acids is 2. The first kappa shape index (κ1) is 17.2. The molecule has 2 N–H and O–H groups in total. The molecule has 1 aromatic carbocycles. The molecule has 0 spiro atoms. The van der Waals surface area contributed by atoms with Gasteiger partial charge < -0.3 is 15.5 Å². The lowest BCUT2D eigenvalue weighted by Crippen LogP contribution is -2.48. The zero-order valence-electron chi connectivity index (χ0n) is 13.7. The van der Waals surface area contributed by atoms with E-state index in [0.717, 1.165) is 31.5 Å². The molecule has 0 radical (unpaired) electrons. The van der Waals surface area contributed by atoms with Crippen LogP contribution in [0.15, 0.2) is 24.3 Å². The molecule has 2 unspecified atom stereocenters. The van der Waals surface area contributed by atoms with Crippen molar-refractivity contribution < 1.29 is 9.59 Å². The van der Waals surface area contributed by atoms with E-state index >= 15 is 0 Å². The molecular weight excluding hydrogens is 326 g/mol. The number of fused-ring (bicyclic) bond motifs is 2. The summed E-state index contributed by atoms with van der Waals surface area (Å²) in [5, 5.41) is 6.76. The van der Waals surface area contributed by atoms with Crippen LogP contribution in [0.25, 0.3) is 0 Å². The summed E-state index contributed by atoms with van der Waals surface area (Å²) < 4.78 is 0. The van der Waals surface area contributed by atoms with E-state index in [9.17, 15) is 9.59 Å². The van der Waals surface area contributed by atoms with Crippen LogP contribution in [0, 0.1) is 0 Å². The van der Waals surface area contributed by atoms with Gasteiger partial charge in [0.25, 0.3) is 5.91 Å². The molecule has 2 bridgehead atoms. The van der Waals surface area contributed by atoms with E-state index in [0.29, 0.717) is 24.1 Å². The molecule has 3 fully saturated rings. The number of hydrogen-bond acceptors (Lipinski definition) is 3. The SMILES string of the molecule is Cl.O=C(NC1CC2CCC(C1)N2)c1ccc(N2CCCC2=O)cc1. The van der Waals surface area contributed by atoms with E-state index in [1.54, 1.807) is 4.90 Å². The van der Waals surface area contributed by atoms with E-state index in [-0.39, 0.29) is 30.3 Å². The third kappa shape index (κ3) is 3.42. The quantitative estimate of drug-likeness (QED) is 0.879. The van der Waals surface area contributed by atoms with Crippen LogP contribution < -0.4 is 15.5 Å². The molecule has 6 heteroatoms. The van der Waals surface area contributed by atoms with Crippen molar-refractivity contribution in [3.8, 4) is 0 Å². The summed E-state index contributed by atoms with van der Waals surface area (Å²) in [7, 11) is 0. The molecule has 3 aliphatic heterocycles. The zero-order valence-corrected chi connectivity index (χ0v) is 14.5. The Kier molecular flexibility index (Phi) is 5.11. The number of rotatable bonds is 3. The lowest BCUT2D eigenvalue weighted by atomic mass is 9.99. The second-order valence-corrected chi connectivity index (χ2v) is 6.98. The topological polar surface area (TPSA) is 61.4 Å². The first-order chi connectivity index (χ1) is 11.2. The van der Waals surface area contributed by atoms with Gasteiger partial charge in [-0.05, 0) is 56.4 Å². The van der Waals surface area contributed by atoms with Crippen molar-refractivity contribution in [2.24, 2.45) is 0 Å². The van der Waals surface area contributed by atoms with Gasteiger partial charge in [0.05, 0.1) is 0 Å². The lowest BCUT2D eigenvalue weighted by Gasteiger charge is -2.29. The predicted molar refractivity (Wildman–Crippen MR) is 95.7 cm³/mol. The molecule has 3 saturated heterocycles. The summed E-state index contributed by atoms with van der Waals surface area (Å²) in [6.07, 6.45) is 6.07. The minimum Gasteiger partial charge on any atom is -0.349 e. The van der Waals surface area contributed by atoms with Gasteiger partial charge in [0, 0.05) is 42.3 Å². The van der Waals surface area contributed by atoms with Crippen LogP contribution in [0.4, 0.5) is 5.69 Å². The number of anilines is 1. The third-order valence-corrected chi connectivity index (χ3v) is 5.32. The molecule has 130 valence electrons. The van der Waals surface area contributed by atoms with Crippen molar-refractivity contribution >= 4 is 29.9 Å². The number of amides is 2. The van der Waals surface area contributed by atoms with E-state index < -0.39 is 0 Å². The van der Waals surface area contributed by atoms with Crippen molar-refractivity contribution in [1.29, 1.82) is 0 Å². The first-order valence-corrected chi connectivity index (χ1v) is 8.66. The van der Waals surface area contributed by atoms with Crippen LogP contribution >= 0.6 is 12.4 Å². The Labute approximate surface area is 148 Å². The van der Waals surface area contributed by atoms with Gasteiger partial charge in [0.1, 0.15) is 0 Å². The Bertz CT molecular complexity index is 607. The fourth-order valence-corrected chi connectivity index (χ4v) is 4.16. The Morgan fingerprint density at radius 2 is 1.79 bits per heavy atom. The summed E-state index contributed by atoms with van der Waals surface area (Å²) in [5.41, 5.74) is 1.57. The summed E-state index contributed by atoms with van der Waals surface area (Å²) in [6.45, 7) is 0.780. The lowest BCUT2D eigenvalue weighted by molar-refractivity contribution is -0.117. The van der Waals surface area contributed by atoms with Crippen LogP contribution in [-0.4, -0.2) is 36.5 Å². The Hall–Kier alpha value is -1.59. The third-order valence-electron chi connectivity index (χ3n) is 5.32. The summed E-state index contributed by atoms with van der Waals surface area (Å²) in [4.78, 5) is 26.0. The van der Waals surface area contributed by atoms with Crippen molar-refractivity contribution in [2.45, 2.75) is 56.7 Å². The highest BCUT2D eigenvalue weighted by molar-refractivity contribution is 5.97. The van der Waals surface area contributed by atoms with Crippen LogP contribution in [0.3, 0.4) is 0 Å². The molecule has 3 aliphatic rings. The van der Waals surface area contributed by atoms with Gasteiger partial charge >= 0.3 is 0 Å². The van der Waals surface area contributed by atoms with Gasteiger partial charge in [-0.1, -0.05) is 0 Å². The largest absolute Gasteiger partial charge is 0.349 e. The van der Waals surface area contributed by atoms with E-state index in [4.69, 9.17) is 0 Å². The van der Waals surface area contributed by atoms with Crippen molar-refractivity contribution in [3.05, 3.63) is 29.8 Å².